The van der Waals surface area contributed by atoms with Crippen LogP contribution in [0.1, 0.15) is 35.8 Å². The van der Waals surface area contributed by atoms with Gasteiger partial charge in [-0.2, -0.15) is 0 Å². The summed E-state index contributed by atoms with van der Waals surface area (Å²) in [7, 11) is 0. The molecule has 1 N–H and O–H groups in total. The van der Waals surface area contributed by atoms with Crippen molar-refractivity contribution in [2.45, 2.75) is 26.0 Å². The second kappa shape index (κ2) is 8.06. The zero-order valence-electron chi connectivity index (χ0n) is 14.6. The number of halogens is 2. The Kier molecular flexibility index (Phi) is 5.77. The molecule has 0 fully saturated rings. The Hall–Kier alpha value is -2.44. The third-order valence-electron chi connectivity index (χ3n) is 4.05. The van der Waals surface area contributed by atoms with E-state index in [0.29, 0.717) is 27.1 Å². The molecule has 0 aliphatic carbocycles. The maximum atomic E-state index is 12.4. The predicted molar refractivity (Wildman–Crippen MR) is 100 cm³/mol. The lowest BCUT2D eigenvalue weighted by Crippen LogP contribution is -2.37. The van der Waals surface area contributed by atoms with E-state index in [4.69, 9.17) is 37.4 Å². The molecule has 1 amide bonds. The summed E-state index contributed by atoms with van der Waals surface area (Å²) < 4.78 is 15.7. The Labute approximate surface area is 166 Å². The van der Waals surface area contributed by atoms with Gasteiger partial charge >= 0.3 is 5.97 Å². The fourth-order valence-corrected chi connectivity index (χ4v) is 3.14. The molecule has 8 heteroatoms. The molecule has 1 aliphatic heterocycles. The quantitative estimate of drug-likeness (QED) is 0.750. The summed E-state index contributed by atoms with van der Waals surface area (Å²) in [5.41, 5.74) is 0.983. The van der Waals surface area contributed by atoms with Crippen LogP contribution in [0.3, 0.4) is 0 Å². The zero-order valence-corrected chi connectivity index (χ0v) is 16.1. The Balaban J connectivity index is 1.60. The van der Waals surface area contributed by atoms with Gasteiger partial charge in [0.25, 0.3) is 5.91 Å². The Morgan fingerprint density at radius 1 is 1.07 bits per heavy atom. The summed E-state index contributed by atoms with van der Waals surface area (Å²) in [6.45, 7) is 3.38. The second-order valence-corrected chi connectivity index (χ2v) is 6.86. The highest BCUT2D eigenvalue weighted by Crippen LogP contribution is 2.32. The molecule has 27 heavy (non-hydrogen) atoms. The van der Waals surface area contributed by atoms with Crippen LogP contribution in [0.5, 0.6) is 11.5 Å². The number of nitrogens with one attached hydrogen (secondary N) is 1. The largest absolute Gasteiger partial charge is 0.454 e. The van der Waals surface area contributed by atoms with E-state index >= 15 is 0 Å². The summed E-state index contributed by atoms with van der Waals surface area (Å²) in [6.07, 6.45) is -0.989. The van der Waals surface area contributed by atoms with Crippen molar-refractivity contribution in [1.29, 1.82) is 0 Å². The van der Waals surface area contributed by atoms with Crippen molar-refractivity contribution in [3.8, 4) is 11.5 Å². The van der Waals surface area contributed by atoms with Gasteiger partial charge in [-0.05, 0) is 49.7 Å². The summed E-state index contributed by atoms with van der Waals surface area (Å²) in [4.78, 5) is 24.6. The number of esters is 1. The molecule has 0 spiro atoms. The highest BCUT2D eigenvalue weighted by atomic mass is 35.5. The van der Waals surface area contributed by atoms with Crippen LogP contribution in [-0.2, 0) is 9.53 Å². The molecule has 0 aromatic heterocycles. The Morgan fingerprint density at radius 3 is 2.56 bits per heavy atom. The molecular formula is C19H17Cl2NO5. The molecule has 0 bridgehead atoms. The number of hydrogen-bond acceptors (Lipinski definition) is 5. The summed E-state index contributed by atoms with van der Waals surface area (Å²) in [6, 6.07) is 9.34. The molecule has 0 radical (unpaired) electrons. The van der Waals surface area contributed by atoms with E-state index < -0.39 is 18.0 Å². The molecule has 2 atom stereocenters. The van der Waals surface area contributed by atoms with Crippen molar-refractivity contribution in [2.24, 2.45) is 0 Å². The standard InChI is InChI=1S/C19H17Cl2NO5/c1-10(14-5-4-13(20)8-15(14)21)22-18(23)11(2)27-19(24)12-3-6-16-17(7-12)26-9-25-16/h3-8,10-11H,9H2,1-2H3,(H,22,23)/t10-,11+/m1/s1. The van der Waals surface area contributed by atoms with E-state index in [1.807, 2.05) is 0 Å². The van der Waals surface area contributed by atoms with E-state index in [1.54, 1.807) is 37.3 Å². The molecule has 0 saturated carbocycles. The molecule has 142 valence electrons. The van der Waals surface area contributed by atoms with Crippen LogP contribution in [0.2, 0.25) is 10.0 Å². The highest BCUT2D eigenvalue weighted by Gasteiger charge is 2.23. The lowest BCUT2D eigenvalue weighted by Gasteiger charge is -2.19. The van der Waals surface area contributed by atoms with E-state index in [0.717, 1.165) is 0 Å². The average molecular weight is 410 g/mol. The van der Waals surface area contributed by atoms with Gasteiger partial charge in [-0.25, -0.2) is 4.79 Å². The molecule has 1 heterocycles. The second-order valence-electron chi connectivity index (χ2n) is 6.01. The van der Waals surface area contributed by atoms with Crippen molar-refractivity contribution in [1.82, 2.24) is 5.32 Å². The van der Waals surface area contributed by atoms with Crippen LogP contribution >= 0.6 is 23.2 Å². The maximum absolute atomic E-state index is 12.4. The Morgan fingerprint density at radius 2 is 1.81 bits per heavy atom. The highest BCUT2D eigenvalue weighted by molar-refractivity contribution is 6.35. The maximum Gasteiger partial charge on any atom is 0.339 e. The minimum Gasteiger partial charge on any atom is -0.454 e. The van der Waals surface area contributed by atoms with Crippen molar-refractivity contribution < 1.29 is 23.8 Å². The number of fused-ring (bicyclic) bond motifs is 1. The van der Waals surface area contributed by atoms with Crippen LogP contribution in [0.15, 0.2) is 36.4 Å². The smallest absolute Gasteiger partial charge is 0.339 e. The van der Waals surface area contributed by atoms with Crippen LogP contribution in [-0.4, -0.2) is 24.8 Å². The third kappa shape index (κ3) is 4.46. The van der Waals surface area contributed by atoms with Crippen LogP contribution in [0.25, 0.3) is 0 Å². The van der Waals surface area contributed by atoms with E-state index in [-0.39, 0.29) is 18.4 Å². The first-order valence-corrected chi connectivity index (χ1v) is 8.96. The van der Waals surface area contributed by atoms with Gasteiger partial charge in [0.05, 0.1) is 11.6 Å². The number of amides is 1. The molecular weight excluding hydrogens is 393 g/mol. The van der Waals surface area contributed by atoms with Crippen molar-refractivity contribution in [3.63, 3.8) is 0 Å². The van der Waals surface area contributed by atoms with Crippen molar-refractivity contribution >= 4 is 35.1 Å². The third-order valence-corrected chi connectivity index (χ3v) is 4.61. The van der Waals surface area contributed by atoms with Gasteiger partial charge in [-0.15, -0.1) is 0 Å². The van der Waals surface area contributed by atoms with Gasteiger partial charge in [0, 0.05) is 10.0 Å². The lowest BCUT2D eigenvalue weighted by molar-refractivity contribution is -0.129. The molecule has 2 aromatic rings. The molecule has 0 saturated heterocycles. The first kappa shape index (κ1) is 19.3. The monoisotopic (exact) mass is 409 g/mol. The number of carbonyl (C=O) groups is 2. The molecule has 3 rings (SSSR count). The molecule has 6 nitrogen and oxygen atoms in total. The van der Waals surface area contributed by atoms with E-state index in [1.165, 1.54) is 13.0 Å². The first-order chi connectivity index (χ1) is 12.8. The van der Waals surface area contributed by atoms with Gasteiger partial charge in [-0.1, -0.05) is 29.3 Å². The number of rotatable bonds is 5. The van der Waals surface area contributed by atoms with E-state index in [2.05, 4.69) is 5.32 Å². The molecule has 1 aliphatic rings. The van der Waals surface area contributed by atoms with Crippen molar-refractivity contribution in [2.75, 3.05) is 6.79 Å². The fourth-order valence-electron chi connectivity index (χ4n) is 2.57. The first-order valence-electron chi connectivity index (χ1n) is 8.21. The van der Waals surface area contributed by atoms with Crippen molar-refractivity contribution in [3.05, 3.63) is 57.6 Å². The zero-order chi connectivity index (χ0) is 19.6. The van der Waals surface area contributed by atoms with Crippen LogP contribution in [0.4, 0.5) is 0 Å². The SMILES string of the molecule is C[C@H](OC(=O)c1ccc2c(c1)OCO2)C(=O)N[C@H](C)c1ccc(Cl)cc1Cl. The van der Waals surface area contributed by atoms with E-state index in [9.17, 15) is 9.59 Å². The number of carbonyl (C=O) groups excluding carboxylic acids is 2. The van der Waals surface area contributed by atoms with Crippen LogP contribution < -0.4 is 14.8 Å². The summed E-state index contributed by atoms with van der Waals surface area (Å²) in [5, 5.41) is 3.72. The van der Waals surface area contributed by atoms with Gasteiger partial charge in [0.15, 0.2) is 17.6 Å². The molecule has 2 aromatic carbocycles. The summed E-state index contributed by atoms with van der Waals surface area (Å²) >= 11 is 12.0. The summed E-state index contributed by atoms with van der Waals surface area (Å²) in [5.74, 6) is -0.0469. The number of ether oxygens (including phenoxy) is 3. The van der Waals surface area contributed by atoms with Crippen LogP contribution in [0, 0.1) is 0 Å². The minimum absolute atomic E-state index is 0.109. The minimum atomic E-state index is -0.989. The average Bonchev–Trinajstić information content (AvgIpc) is 3.08. The van der Waals surface area contributed by atoms with Gasteiger partial charge < -0.3 is 19.5 Å². The number of benzene rings is 2. The van der Waals surface area contributed by atoms with Gasteiger partial charge in [0.2, 0.25) is 6.79 Å². The predicted octanol–water partition coefficient (Wildman–Crippen LogP) is 4.14. The number of hydrogen-bond donors (Lipinski definition) is 1. The fraction of sp³-hybridized carbons (Fsp3) is 0.263. The topological polar surface area (TPSA) is 73.9 Å². The lowest BCUT2D eigenvalue weighted by atomic mass is 10.1. The molecule has 0 unspecified atom stereocenters. The van der Waals surface area contributed by atoms with Gasteiger partial charge in [-0.3, -0.25) is 4.79 Å². The normalized spacial score (nSPS) is 14.4. The Bertz CT molecular complexity index is 886. The van der Waals surface area contributed by atoms with Gasteiger partial charge in [0.1, 0.15) is 0 Å².